The number of carboxylic acid groups (broad SMARTS) is 1. The summed E-state index contributed by atoms with van der Waals surface area (Å²) in [5.41, 5.74) is -1.37. The van der Waals surface area contributed by atoms with Crippen LogP contribution >= 0.6 is 12.2 Å². The Balaban J connectivity index is 2.61. The molecule has 0 aromatic carbocycles. The van der Waals surface area contributed by atoms with E-state index < -0.39 is 48.2 Å². The van der Waals surface area contributed by atoms with Crippen molar-refractivity contribution < 1.29 is 30.0 Å². The molecule has 128 valence electrons. The zero-order chi connectivity index (χ0) is 17.3. The van der Waals surface area contributed by atoms with Crippen LogP contribution in [0.25, 0.3) is 0 Å². The molecule has 0 saturated carbocycles. The van der Waals surface area contributed by atoms with Crippen molar-refractivity contribution in [3.8, 4) is 0 Å². The summed E-state index contributed by atoms with van der Waals surface area (Å²) in [7, 11) is 1.55. The van der Waals surface area contributed by atoms with Crippen molar-refractivity contribution in [3.05, 3.63) is 26.9 Å². The van der Waals surface area contributed by atoms with Gasteiger partial charge in [-0.15, -0.1) is 0 Å². The van der Waals surface area contributed by atoms with Crippen molar-refractivity contribution in [2.24, 2.45) is 0 Å². The Labute approximate surface area is 135 Å². The van der Waals surface area contributed by atoms with E-state index in [0.29, 0.717) is 0 Å². The number of hydrogen-bond donors (Lipinski definition) is 5. The second kappa shape index (κ2) is 6.86. The molecule has 0 unspecified atom stereocenters. The fourth-order valence-electron chi connectivity index (χ4n) is 2.36. The van der Waals surface area contributed by atoms with Gasteiger partial charge in [0.15, 0.2) is 11.0 Å². The molecule has 0 spiro atoms. The fraction of sp³-hybridized carbons (Fsp3) is 0.583. The first-order chi connectivity index (χ1) is 10.8. The Morgan fingerprint density at radius 1 is 1.43 bits per heavy atom. The smallest absolute Gasteiger partial charge is 0.342 e. The molecule has 0 amide bonds. The molecule has 1 fully saturated rings. The summed E-state index contributed by atoms with van der Waals surface area (Å²) in [5.74, 6) is -1.46. The second-order valence-electron chi connectivity index (χ2n) is 5.01. The molecule has 11 heteroatoms. The van der Waals surface area contributed by atoms with Crippen LogP contribution in [0.1, 0.15) is 16.6 Å². The summed E-state index contributed by atoms with van der Waals surface area (Å²) in [6, 6.07) is 0. The van der Waals surface area contributed by atoms with Crippen molar-refractivity contribution in [2.45, 2.75) is 31.2 Å². The summed E-state index contributed by atoms with van der Waals surface area (Å²) in [5, 5.41) is 40.8. The Hall–Kier alpha value is -1.63. The van der Waals surface area contributed by atoms with Crippen LogP contribution in [0.4, 0.5) is 0 Å². The minimum atomic E-state index is -1.46. The molecule has 1 aromatic heterocycles. The zero-order valence-corrected chi connectivity index (χ0v) is 12.9. The number of aliphatic hydroxyl groups excluding tert-OH is 3. The van der Waals surface area contributed by atoms with E-state index in [2.05, 4.69) is 5.32 Å². The maximum atomic E-state index is 12.1. The van der Waals surface area contributed by atoms with Crippen molar-refractivity contribution in [2.75, 3.05) is 13.7 Å². The number of hydrogen-bond acceptors (Lipinski definition) is 8. The summed E-state index contributed by atoms with van der Waals surface area (Å²) in [4.78, 5) is 23.4. The van der Waals surface area contributed by atoms with Crippen molar-refractivity contribution in [1.82, 2.24) is 14.5 Å². The molecule has 1 saturated heterocycles. The number of aromatic nitrogens is 2. The molecule has 2 rings (SSSR count). The predicted octanol–water partition coefficient (Wildman–Crippen LogP) is -2.13. The Bertz CT molecular complexity index is 716. The van der Waals surface area contributed by atoms with Gasteiger partial charge < -0.3 is 30.5 Å². The second-order valence-corrected chi connectivity index (χ2v) is 5.38. The van der Waals surface area contributed by atoms with Crippen LogP contribution in [0.2, 0.25) is 0 Å². The lowest BCUT2D eigenvalue weighted by Gasteiger charge is -2.21. The van der Waals surface area contributed by atoms with E-state index in [0.717, 1.165) is 15.3 Å². The molecule has 1 aliphatic heterocycles. The number of rotatable bonds is 5. The summed E-state index contributed by atoms with van der Waals surface area (Å²) in [6.07, 6.45) is -4.13. The molecule has 5 N–H and O–H groups in total. The molecule has 4 atom stereocenters. The number of aromatic carboxylic acids is 1. The van der Waals surface area contributed by atoms with Gasteiger partial charge >= 0.3 is 5.97 Å². The van der Waals surface area contributed by atoms with Gasteiger partial charge in [-0.2, -0.15) is 0 Å². The summed E-state index contributed by atoms with van der Waals surface area (Å²) < 4.78 is 7.31. The van der Waals surface area contributed by atoms with Gasteiger partial charge in [-0.1, -0.05) is 0 Å². The van der Waals surface area contributed by atoms with Crippen LogP contribution in [0.5, 0.6) is 0 Å². The minimum absolute atomic E-state index is 0.0480. The quantitative estimate of drug-likeness (QED) is 0.377. The Morgan fingerprint density at radius 3 is 2.57 bits per heavy atom. The van der Waals surface area contributed by atoms with Crippen molar-refractivity contribution in [1.29, 1.82) is 0 Å². The lowest BCUT2D eigenvalue weighted by molar-refractivity contribution is -0.0547. The fourth-order valence-corrected chi connectivity index (χ4v) is 2.66. The third-order valence-corrected chi connectivity index (χ3v) is 3.96. The van der Waals surface area contributed by atoms with Crippen LogP contribution in [0.3, 0.4) is 0 Å². The maximum Gasteiger partial charge on any atom is 0.342 e. The van der Waals surface area contributed by atoms with Gasteiger partial charge in [0.1, 0.15) is 23.9 Å². The first-order valence-electron chi connectivity index (χ1n) is 6.69. The molecule has 2 heterocycles. The average molecular weight is 347 g/mol. The largest absolute Gasteiger partial charge is 0.477 e. The van der Waals surface area contributed by atoms with Gasteiger partial charge in [0.25, 0.3) is 5.56 Å². The molecule has 1 aromatic rings. The van der Waals surface area contributed by atoms with Crippen molar-refractivity contribution in [3.63, 3.8) is 0 Å². The predicted molar refractivity (Wildman–Crippen MR) is 78.6 cm³/mol. The van der Waals surface area contributed by atoms with Crippen LogP contribution in [-0.4, -0.2) is 67.5 Å². The minimum Gasteiger partial charge on any atom is -0.477 e. The van der Waals surface area contributed by atoms with E-state index in [1.807, 2.05) is 0 Å². The number of nitrogens with zero attached hydrogens (tertiary/aromatic N) is 2. The molecule has 10 nitrogen and oxygen atoms in total. The highest BCUT2D eigenvalue weighted by Gasteiger charge is 2.43. The van der Waals surface area contributed by atoms with Crippen LogP contribution in [-0.2, 0) is 11.4 Å². The number of carbonyl (C=O) groups is 1. The highest BCUT2D eigenvalue weighted by atomic mass is 32.1. The molecular formula is C12H17N3O7S. The lowest BCUT2D eigenvalue weighted by Crippen LogP contribution is -2.37. The SMILES string of the molecule is CNCn1c(=O)c(C(=O)O)cn([C@@H]2O[C@H](CO)[C@@H](O)[C@H]2O)c1=S. The third kappa shape index (κ3) is 3.06. The standard InChI is InChI=1S/C12H17N3O7S/c1-13-4-15-9(19)5(11(20)21)2-14(12(15)23)10-8(18)7(17)6(3-16)22-10/h2,6-8,10,13,16-18H,3-4H2,1H3,(H,20,21)/t6-,7-,8-,10-/m1/s1. The van der Waals surface area contributed by atoms with E-state index in [1.54, 1.807) is 7.05 Å². The number of carboxylic acids is 1. The summed E-state index contributed by atoms with van der Waals surface area (Å²) >= 11 is 5.15. The maximum absolute atomic E-state index is 12.1. The molecule has 0 aliphatic carbocycles. The van der Waals surface area contributed by atoms with E-state index in [-0.39, 0.29) is 11.4 Å². The normalized spacial score (nSPS) is 27.3. The number of nitrogens with one attached hydrogen (secondary N) is 1. The Morgan fingerprint density at radius 2 is 2.09 bits per heavy atom. The van der Waals surface area contributed by atoms with Gasteiger partial charge in [0.2, 0.25) is 0 Å². The third-order valence-electron chi connectivity index (χ3n) is 3.53. The van der Waals surface area contributed by atoms with Gasteiger partial charge in [-0.05, 0) is 19.3 Å². The Kier molecular flexibility index (Phi) is 5.29. The van der Waals surface area contributed by atoms with E-state index in [1.165, 1.54) is 0 Å². The van der Waals surface area contributed by atoms with Crippen LogP contribution < -0.4 is 10.9 Å². The van der Waals surface area contributed by atoms with Gasteiger partial charge in [0.05, 0.1) is 13.3 Å². The first kappa shape index (κ1) is 17.7. The zero-order valence-electron chi connectivity index (χ0n) is 12.1. The van der Waals surface area contributed by atoms with E-state index in [9.17, 15) is 19.8 Å². The van der Waals surface area contributed by atoms with E-state index >= 15 is 0 Å². The van der Waals surface area contributed by atoms with Crippen molar-refractivity contribution >= 4 is 18.2 Å². The van der Waals surface area contributed by atoms with Crippen LogP contribution in [0, 0.1) is 4.77 Å². The monoisotopic (exact) mass is 347 g/mol. The first-order valence-corrected chi connectivity index (χ1v) is 7.10. The van der Waals surface area contributed by atoms with Crippen LogP contribution in [0.15, 0.2) is 11.0 Å². The molecule has 23 heavy (non-hydrogen) atoms. The highest BCUT2D eigenvalue weighted by Crippen LogP contribution is 2.29. The van der Waals surface area contributed by atoms with Gasteiger partial charge in [0, 0.05) is 6.20 Å². The summed E-state index contributed by atoms with van der Waals surface area (Å²) in [6.45, 7) is -0.586. The average Bonchev–Trinajstić information content (AvgIpc) is 2.79. The van der Waals surface area contributed by atoms with Gasteiger partial charge in [-0.3, -0.25) is 13.9 Å². The molecular weight excluding hydrogens is 330 g/mol. The lowest BCUT2D eigenvalue weighted by atomic mass is 10.1. The highest BCUT2D eigenvalue weighted by molar-refractivity contribution is 7.71. The molecule has 0 radical (unpaired) electrons. The molecule has 0 bridgehead atoms. The molecule has 1 aliphatic rings. The van der Waals surface area contributed by atoms with E-state index in [4.69, 9.17) is 27.2 Å². The van der Waals surface area contributed by atoms with Gasteiger partial charge in [-0.25, -0.2) is 4.79 Å². The number of ether oxygens (including phenoxy) is 1. The topological polar surface area (TPSA) is 146 Å². The number of aliphatic hydroxyl groups is 3.